The first-order valence-electron chi connectivity index (χ1n) is 6.08. The molecule has 1 aliphatic heterocycles. The first kappa shape index (κ1) is 13.5. The van der Waals surface area contributed by atoms with Crippen molar-refractivity contribution in [2.45, 2.75) is 26.3 Å². The van der Waals surface area contributed by atoms with Crippen LogP contribution in [0.1, 0.15) is 20.8 Å². The molecule has 0 bridgehead atoms. The van der Waals surface area contributed by atoms with Gasteiger partial charge in [0, 0.05) is 26.2 Å². The van der Waals surface area contributed by atoms with Crippen LogP contribution < -0.4 is 5.32 Å². The van der Waals surface area contributed by atoms with Gasteiger partial charge in [0.1, 0.15) is 0 Å². The molecule has 1 saturated heterocycles. The summed E-state index contributed by atoms with van der Waals surface area (Å²) in [5.41, 5.74) is -0.392. The standard InChI is InChI=1S/C12H25N3O/c1-10(2)12(3,14(4)5)11(16)15-8-6-13-7-9-15/h10,13H,6-9H2,1-5H3. The van der Waals surface area contributed by atoms with Crippen LogP contribution in [0.2, 0.25) is 0 Å². The second-order valence-electron chi connectivity index (χ2n) is 5.24. The fourth-order valence-electron chi connectivity index (χ4n) is 2.14. The average molecular weight is 227 g/mol. The Bertz CT molecular complexity index is 237. The zero-order valence-corrected chi connectivity index (χ0v) is 11.2. The highest BCUT2D eigenvalue weighted by molar-refractivity contribution is 5.86. The molecule has 1 amide bonds. The van der Waals surface area contributed by atoms with Crippen molar-refractivity contribution in [2.75, 3.05) is 40.3 Å². The third-order valence-corrected chi connectivity index (χ3v) is 3.89. The fraction of sp³-hybridized carbons (Fsp3) is 0.917. The van der Waals surface area contributed by atoms with Gasteiger partial charge in [0.25, 0.3) is 0 Å². The van der Waals surface area contributed by atoms with Crippen LogP contribution in [0, 0.1) is 5.92 Å². The first-order chi connectivity index (χ1) is 7.40. The zero-order chi connectivity index (χ0) is 12.3. The summed E-state index contributed by atoms with van der Waals surface area (Å²) in [6.07, 6.45) is 0. The van der Waals surface area contributed by atoms with Gasteiger partial charge in [0.05, 0.1) is 5.54 Å². The summed E-state index contributed by atoms with van der Waals surface area (Å²) in [6, 6.07) is 0. The van der Waals surface area contributed by atoms with Crippen molar-refractivity contribution in [3.63, 3.8) is 0 Å². The number of nitrogens with one attached hydrogen (secondary N) is 1. The number of hydrogen-bond acceptors (Lipinski definition) is 3. The molecule has 0 aromatic carbocycles. The van der Waals surface area contributed by atoms with Gasteiger partial charge in [-0.05, 0) is 26.9 Å². The van der Waals surface area contributed by atoms with Crippen LogP contribution in [-0.2, 0) is 4.79 Å². The molecule has 4 heteroatoms. The van der Waals surface area contributed by atoms with Gasteiger partial charge in [-0.25, -0.2) is 0 Å². The zero-order valence-electron chi connectivity index (χ0n) is 11.2. The molecule has 1 unspecified atom stereocenters. The van der Waals surface area contributed by atoms with Crippen molar-refractivity contribution < 1.29 is 4.79 Å². The van der Waals surface area contributed by atoms with Crippen LogP contribution in [0.3, 0.4) is 0 Å². The summed E-state index contributed by atoms with van der Waals surface area (Å²) in [5.74, 6) is 0.568. The Kier molecular flexibility index (Phi) is 4.33. The Morgan fingerprint density at radius 2 is 1.81 bits per heavy atom. The quantitative estimate of drug-likeness (QED) is 0.758. The third kappa shape index (κ3) is 2.38. The number of amides is 1. The number of carbonyl (C=O) groups excluding carboxylic acids is 1. The summed E-state index contributed by atoms with van der Waals surface area (Å²) >= 11 is 0. The molecular weight excluding hydrogens is 202 g/mol. The van der Waals surface area contributed by atoms with Crippen LogP contribution in [0.4, 0.5) is 0 Å². The molecular formula is C12H25N3O. The minimum absolute atomic E-state index is 0.258. The van der Waals surface area contributed by atoms with Crippen LogP contribution in [0.25, 0.3) is 0 Å². The molecule has 0 aromatic heterocycles. The summed E-state index contributed by atoms with van der Waals surface area (Å²) in [7, 11) is 3.97. The monoisotopic (exact) mass is 227 g/mol. The van der Waals surface area contributed by atoms with E-state index in [9.17, 15) is 4.79 Å². The number of carbonyl (C=O) groups is 1. The largest absolute Gasteiger partial charge is 0.339 e. The van der Waals surface area contributed by atoms with E-state index < -0.39 is 5.54 Å². The maximum atomic E-state index is 12.6. The molecule has 0 aliphatic carbocycles. The molecule has 4 nitrogen and oxygen atoms in total. The summed E-state index contributed by atoms with van der Waals surface area (Å²) < 4.78 is 0. The van der Waals surface area contributed by atoms with E-state index in [0.717, 1.165) is 26.2 Å². The number of nitrogens with zero attached hydrogens (tertiary/aromatic N) is 2. The second kappa shape index (κ2) is 5.15. The fourth-order valence-corrected chi connectivity index (χ4v) is 2.14. The van der Waals surface area contributed by atoms with Crippen molar-refractivity contribution in [1.82, 2.24) is 15.1 Å². The van der Waals surface area contributed by atoms with Crippen molar-refractivity contribution in [2.24, 2.45) is 5.92 Å². The molecule has 94 valence electrons. The van der Waals surface area contributed by atoms with Gasteiger partial charge in [-0.15, -0.1) is 0 Å². The Balaban J connectivity index is 2.82. The minimum Gasteiger partial charge on any atom is -0.339 e. The van der Waals surface area contributed by atoms with Crippen molar-refractivity contribution >= 4 is 5.91 Å². The Hall–Kier alpha value is -0.610. The molecule has 16 heavy (non-hydrogen) atoms. The molecule has 1 aliphatic rings. The Labute approximate surface area is 99.0 Å². The van der Waals surface area contributed by atoms with Crippen LogP contribution in [-0.4, -0.2) is 61.5 Å². The van der Waals surface area contributed by atoms with Crippen LogP contribution in [0.5, 0.6) is 0 Å². The number of piperazine rings is 1. The van der Waals surface area contributed by atoms with Gasteiger partial charge in [0.15, 0.2) is 0 Å². The molecule has 0 radical (unpaired) electrons. The average Bonchev–Trinajstić information content (AvgIpc) is 2.27. The summed E-state index contributed by atoms with van der Waals surface area (Å²) in [5, 5.41) is 3.27. The highest BCUT2D eigenvalue weighted by Crippen LogP contribution is 2.25. The number of likely N-dealkylation sites (N-methyl/N-ethyl adjacent to an activating group) is 1. The molecule has 0 saturated carbocycles. The predicted octanol–water partition coefficient (Wildman–Crippen LogP) is 0.395. The maximum absolute atomic E-state index is 12.6. The minimum atomic E-state index is -0.392. The number of hydrogen-bond donors (Lipinski definition) is 1. The maximum Gasteiger partial charge on any atom is 0.243 e. The highest BCUT2D eigenvalue weighted by Gasteiger charge is 2.41. The van der Waals surface area contributed by atoms with E-state index in [1.165, 1.54) is 0 Å². The van der Waals surface area contributed by atoms with Crippen molar-refractivity contribution in [3.8, 4) is 0 Å². The van der Waals surface area contributed by atoms with Gasteiger partial charge in [0.2, 0.25) is 5.91 Å². The van der Waals surface area contributed by atoms with E-state index in [4.69, 9.17) is 0 Å². The van der Waals surface area contributed by atoms with E-state index in [2.05, 4.69) is 19.2 Å². The lowest BCUT2D eigenvalue weighted by molar-refractivity contribution is -0.145. The van der Waals surface area contributed by atoms with Gasteiger partial charge < -0.3 is 10.2 Å². The van der Waals surface area contributed by atoms with Gasteiger partial charge in [-0.2, -0.15) is 0 Å². The van der Waals surface area contributed by atoms with Gasteiger partial charge in [-0.3, -0.25) is 9.69 Å². The molecule has 0 aromatic rings. The van der Waals surface area contributed by atoms with Crippen molar-refractivity contribution in [3.05, 3.63) is 0 Å². The highest BCUT2D eigenvalue weighted by atomic mass is 16.2. The lowest BCUT2D eigenvalue weighted by atomic mass is 9.85. The second-order valence-corrected chi connectivity index (χ2v) is 5.24. The van der Waals surface area contributed by atoms with Gasteiger partial charge in [-0.1, -0.05) is 13.8 Å². The van der Waals surface area contributed by atoms with E-state index in [-0.39, 0.29) is 5.91 Å². The molecule has 1 atom stereocenters. The van der Waals surface area contributed by atoms with Crippen molar-refractivity contribution in [1.29, 1.82) is 0 Å². The smallest absolute Gasteiger partial charge is 0.243 e. The SMILES string of the molecule is CC(C)C(C)(C(=O)N1CCNCC1)N(C)C. The summed E-state index contributed by atoms with van der Waals surface area (Å²) in [4.78, 5) is 16.6. The predicted molar refractivity (Wildman–Crippen MR) is 66.4 cm³/mol. The molecule has 1 heterocycles. The lowest BCUT2D eigenvalue weighted by Crippen LogP contribution is -2.61. The third-order valence-electron chi connectivity index (χ3n) is 3.89. The normalized spacial score (nSPS) is 21.3. The molecule has 1 fully saturated rings. The van der Waals surface area contributed by atoms with E-state index in [1.54, 1.807) is 0 Å². The topological polar surface area (TPSA) is 35.6 Å². The lowest BCUT2D eigenvalue weighted by Gasteiger charge is -2.43. The number of rotatable bonds is 3. The van der Waals surface area contributed by atoms with E-state index in [1.807, 2.05) is 30.8 Å². The van der Waals surface area contributed by atoms with Crippen LogP contribution in [0.15, 0.2) is 0 Å². The Morgan fingerprint density at radius 1 is 1.31 bits per heavy atom. The van der Waals surface area contributed by atoms with Crippen LogP contribution >= 0.6 is 0 Å². The van der Waals surface area contributed by atoms with Gasteiger partial charge >= 0.3 is 0 Å². The molecule has 1 rings (SSSR count). The van der Waals surface area contributed by atoms with E-state index >= 15 is 0 Å². The molecule has 0 spiro atoms. The van der Waals surface area contributed by atoms with E-state index in [0.29, 0.717) is 5.92 Å². The Morgan fingerprint density at radius 3 is 2.19 bits per heavy atom. The first-order valence-corrected chi connectivity index (χ1v) is 6.08. The molecule has 1 N–H and O–H groups in total. The summed E-state index contributed by atoms with van der Waals surface area (Å²) in [6.45, 7) is 9.74.